The fraction of sp³-hybridized carbons (Fsp3) is 0.471. The first kappa shape index (κ1) is 16.6. The highest BCUT2D eigenvalue weighted by Crippen LogP contribution is 2.13. The second-order valence-electron chi connectivity index (χ2n) is 6.12. The smallest absolute Gasteiger partial charge is 0.273 e. The van der Waals surface area contributed by atoms with Gasteiger partial charge in [-0.3, -0.25) is 14.7 Å². The van der Waals surface area contributed by atoms with E-state index in [9.17, 15) is 9.90 Å². The van der Waals surface area contributed by atoms with Gasteiger partial charge in [0.15, 0.2) is 5.69 Å². The Balaban J connectivity index is 1.46. The SMILES string of the molecule is Cc1ccc(CCNC(=O)c2coc(CN3CC[C@H](O)C3)n2)cn1. The highest BCUT2D eigenvalue weighted by molar-refractivity contribution is 5.91. The highest BCUT2D eigenvalue weighted by atomic mass is 16.3. The molecule has 2 aromatic heterocycles. The van der Waals surface area contributed by atoms with Gasteiger partial charge < -0.3 is 14.8 Å². The fourth-order valence-electron chi connectivity index (χ4n) is 2.69. The minimum absolute atomic E-state index is 0.244. The molecule has 24 heavy (non-hydrogen) atoms. The number of β-amino-alcohol motifs (C(OH)–C–C–N with tert-alkyl or cyclic N) is 1. The second kappa shape index (κ2) is 7.55. The number of oxazole rings is 1. The summed E-state index contributed by atoms with van der Waals surface area (Å²) in [6.07, 6.45) is 4.40. The number of aryl methyl sites for hydroxylation is 1. The van der Waals surface area contributed by atoms with Crippen LogP contribution in [0.2, 0.25) is 0 Å². The Morgan fingerprint density at radius 2 is 2.38 bits per heavy atom. The van der Waals surface area contributed by atoms with Gasteiger partial charge in [-0.2, -0.15) is 0 Å². The van der Waals surface area contributed by atoms with Crippen molar-refractivity contribution in [1.29, 1.82) is 0 Å². The Bertz CT molecular complexity index is 683. The maximum atomic E-state index is 12.1. The summed E-state index contributed by atoms with van der Waals surface area (Å²) in [5, 5.41) is 12.3. The van der Waals surface area contributed by atoms with Crippen molar-refractivity contribution in [2.75, 3.05) is 19.6 Å². The Morgan fingerprint density at radius 1 is 1.50 bits per heavy atom. The molecule has 7 heteroatoms. The summed E-state index contributed by atoms with van der Waals surface area (Å²) in [5.74, 6) is 0.253. The van der Waals surface area contributed by atoms with Crippen LogP contribution in [0.4, 0.5) is 0 Å². The largest absolute Gasteiger partial charge is 0.447 e. The minimum Gasteiger partial charge on any atom is -0.447 e. The molecule has 1 fully saturated rings. The lowest BCUT2D eigenvalue weighted by Gasteiger charge is -2.11. The van der Waals surface area contributed by atoms with Crippen molar-refractivity contribution in [3.8, 4) is 0 Å². The standard InChI is InChI=1S/C17H22N4O3/c1-12-2-3-13(8-19-12)4-6-18-17(23)15-11-24-16(20-15)10-21-7-5-14(22)9-21/h2-3,8,11,14,22H,4-7,9-10H2,1H3,(H,18,23)/t14-/m0/s1. The predicted octanol–water partition coefficient (Wildman–Crippen LogP) is 0.917. The van der Waals surface area contributed by atoms with Crippen LogP contribution >= 0.6 is 0 Å². The Labute approximate surface area is 140 Å². The third-order valence-corrected chi connectivity index (χ3v) is 4.06. The van der Waals surface area contributed by atoms with Gasteiger partial charge in [-0.05, 0) is 31.4 Å². The molecule has 1 atom stereocenters. The van der Waals surface area contributed by atoms with Crippen LogP contribution in [0.15, 0.2) is 29.0 Å². The van der Waals surface area contributed by atoms with Gasteiger partial charge in [0, 0.05) is 31.5 Å². The molecule has 1 aliphatic heterocycles. The number of carbonyl (C=O) groups is 1. The van der Waals surface area contributed by atoms with Crippen molar-refractivity contribution in [1.82, 2.24) is 20.2 Å². The van der Waals surface area contributed by atoms with E-state index in [0.29, 0.717) is 25.5 Å². The zero-order valence-electron chi connectivity index (χ0n) is 13.7. The molecule has 0 spiro atoms. The van der Waals surface area contributed by atoms with Gasteiger partial charge in [0.05, 0.1) is 12.6 Å². The molecule has 2 aromatic rings. The molecule has 1 aliphatic rings. The first-order chi connectivity index (χ1) is 11.6. The molecule has 0 radical (unpaired) electrons. The minimum atomic E-state index is -0.279. The number of aliphatic hydroxyl groups is 1. The Morgan fingerprint density at radius 3 is 3.08 bits per heavy atom. The molecule has 1 amide bonds. The van der Waals surface area contributed by atoms with E-state index in [1.54, 1.807) is 0 Å². The summed E-state index contributed by atoms with van der Waals surface area (Å²) in [4.78, 5) is 22.6. The van der Waals surface area contributed by atoms with Crippen LogP contribution in [-0.4, -0.2) is 51.6 Å². The number of likely N-dealkylation sites (tertiary alicyclic amines) is 1. The maximum Gasteiger partial charge on any atom is 0.273 e. The van der Waals surface area contributed by atoms with Crippen LogP contribution in [0.25, 0.3) is 0 Å². The molecule has 2 N–H and O–H groups in total. The highest BCUT2D eigenvalue weighted by Gasteiger charge is 2.22. The molecule has 0 aromatic carbocycles. The van der Waals surface area contributed by atoms with E-state index in [4.69, 9.17) is 4.42 Å². The molecule has 0 unspecified atom stereocenters. The first-order valence-electron chi connectivity index (χ1n) is 8.15. The number of rotatable bonds is 6. The van der Waals surface area contributed by atoms with E-state index >= 15 is 0 Å². The number of hydrogen-bond acceptors (Lipinski definition) is 6. The molecular formula is C17H22N4O3. The molecule has 0 bridgehead atoms. The first-order valence-corrected chi connectivity index (χ1v) is 8.15. The number of hydrogen-bond donors (Lipinski definition) is 2. The van der Waals surface area contributed by atoms with Gasteiger partial charge in [-0.25, -0.2) is 4.98 Å². The quantitative estimate of drug-likeness (QED) is 0.818. The van der Waals surface area contributed by atoms with E-state index in [1.807, 2.05) is 25.3 Å². The van der Waals surface area contributed by atoms with Gasteiger partial charge >= 0.3 is 0 Å². The fourth-order valence-corrected chi connectivity index (χ4v) is 2.69. The molecule has 7 nitrogen and oxygen atoms in total. The third kappa shape index (κ3) is 4.39. The lowest BCUT2D eigenvalue weighted by Crippen LogP contribution is -2.26. The van der Waals surface area contributed by atoms with Crippen LogP contribution in [0.3, 0.4) is 0 Å². The van der Waals surface area contributed by atoms with Crippen molar-refractivity contribution in [3.05, 3.63) is 47.4 Å². The lowest BCUT2D eigenvalue weighted by molar-refractivity contribution is 0.0949. The number of pyridine rings is 1. The van der Waals surface area contributed by atoms with Gasteiger partial charge in [0.25, 0.3) is 5.91 Å². The third-order valence-electron chi connectivity index (χ3n) is 4.06. The number of aliphatic hydroxyl groups excluding tert-OH is 1. The second-order valence-corrected chi connectivity index (χ2v) is 6.12. The Hall–Kier alpha value is -2.25. The van der Waals surface area contributed by atoms with Crippen LogP contribution in [0, 0.1) is 6.92 Å². The van der Waals surface area contributed by atoms with Crippen molar-refractivity contribution >= 4 is 5.91 Å². The number of carbonyl (C=O) groups excluding carboxylic acids is 1. The zero-order valence-corrected chi connectivity index (χ0v) is 13.7. The summed E-state index contributed by atoms with van der Waals surface area (Å²) in [5.41, 5.74) is 2.34. The topological polar surface area (TPSA) is 91.5 Å². The van der Waals surface area contributed by atoms with Crippen molar-refractivity contribution in [3.63, 3.8) is 0 Å². The maximum absolute atomic E-state index is 12.1. The predicted molar refractivity (Wildman–Crippen MR) is 87.4 cm³/mol. The van der Waals surface area contributed by atoms with Crippen molar-refractivity contribution in [2.45, 2.75) is 32.4 Å². The van der Waals surface area contributed by atoms with Crippen molar-refractivity contribution in [2.24, 2.45) is 0 Å². The summed E-state index contributed by atoms with van der Waals surface area (Å²) in [7, 11) is 0. The molecule has 128 valence electrons. The van der Waals surface area contributed by atoms with E-state index in [-0.39, 0.29) is 17.7 Å². The summed E-state index contributed by atoms with van der Waals surface area (Å²) < 4.78 is 5.36. The molecular weight excluding hydrogens is 308 g/mol. The average molecular weight is 330 g/mol. The molecule has 3 heterocycles. The summed E-state index contributed by atoms with van der Waals surface area (Å²) in [6, 6.07) is 3.96. The molecule has 1 saturated heterocycles. The number of nitrogens with one attached hydrogen (secondary N) is 1. The molecule has 0 saturated carbocycles. The van der Waals surface area contributed by atoms with E-state index in [1.165, 1.54) is 6.26 Å². The van der Waals surface area contributed by atoms with Crippen LogP contribution < -0.4 is 5.32 Å². The molecule has 0 aliphatic carbocycles. The van der Waals surface area contributed by atoms with Crippen LogP contribution in [0.1, 0.15) is 34.1 Å². The van der Waals surface area contributed by atoms with Crippen LogP contribution in [-0.2, 0) is 13.0 Å². The van der Waals surface area contributed by atoms with Crippen LogP contribution in [0.5, 0.6) is 0 Å². The normalized spacial score (nSPS) is 18.0. The van der Waals surface area contributed by atoms with Crippen molar-refractivity contribution < 1.29 is 14.3 Å². The number of amides is 1. The average Bonchev–Trinajstić information content (AvgIpc) is 3.19. The van der Waals surface area contributed by atoms with Gasteiger partial charge in [-0.15, -0.1) is 0 Å². The lowest BCUT2D eigenvalue weighted by atomic mass is 10.2. The monoisotopic (exact) mass is 330 g/mol. The van der Waals surface area contributed by atoms with Gasteiger partial charge in [0.2, 0.25) is 5.89 Å². The summed E-state index contributed by atoms with van der Waals surface area (Å²) in [6.45, 7) is 4.41. The van der Waals surface area contributed by atoms with E-state index in [0.717, 1.165) is 30.6 Å². The zero-order chi connectivity index (χ0) is 16.9. The van der Waals surface area contributed by atoms with Gasteiger partial charge in [0.1, 0.15) is 6.26 Å². The number of aromatic nitrogens is 2. The van der Waals surface area contributed by atoms with E-state index in [2.05, 4.69) is 20.2 Å². The summed E-state index contributed by atoms with van der Waals surface area (Å²) >= 11 is 0. The van der Waals surface area contributed by atoms with E-state index < -0.39 is 0 Å². The number of nitrogens with zero attached hydrogens (tertiary/aromatic N) is 3. The molecule has 3 rings (SSSR count). The Kier molecular flexibility index (Phi) is 5.22. The van der Waals surface area contributed by atoms with Gasteiger partial charge in [-0.1, -0.05) is 6.07 Å².